The summed E-state index contributed by atoms with van der Waals surface area (Å²) in [5, 5.41) is 7.46. The predicted octanol–water partition coefficient (Wildman–Crippen LogP) is 1.37. The number of hydrogen-bond donors (Lipinski definition) is 1. The van der Waals surface area contributed by atoms with Crippen LogP contribution in [-0.4, -0.2) is 45.8 Å². The summed E-state index contributed by atoms with van der Waals surface area (Å²) in [7, 11) is 1.63. The van der Waals surface area contributed by atoms with Gasteiger partial charge in [0.2, 0.25) is 11.8 Å². The van der Waals surface area contributed by atoms with Gasteiger partial charge in [-0.2, -0.15) is 5.10 Å². The number of carbonyl (C=O) groups excluding carboxylic acids is 1. The lowest BCUT2D eigenvalue weighted by Gasteiger charge is -2.33. The molecule has 2 aliphatic rings. The van der Waals surface area contributed by atoms with Crippen LogP contribution in [0.1, 0.15) is 30.1 Å². The Balaban J connectivity index is 1.50. The van der Waals surface area contributed by atoms with Crippen molar-refractivity contribution in [3.8, 4) is 5.88 Å². The van der Waals surface area contributed by atoms with Crippen molar-refractivity contribution in [2.75, 3.05) is 20.2 Å². The fraction of sp³-hybridized carbons (Fsp3) is 0.500. The summed E-state index contributed by atoms with van der Waals surface area (Å²) >= 11 is 0. The van der Waals surface area contributed by atoms with Gasteiger partial charge in [-0.1, -0.05) is 6.07 Å². The third-order valence-corrected chi connectivity index (χ3v) is 4.87. The summed E-state index contributed by atoms with van der Waals surface area (Å²) in [5.41, 5.74) is 2.08. The van der Waals surface area contributed by atoms with Crippen molar-refractivity contribution >= 4 is 5.91 Å². The Morgan fingerprint density at radius 2 is 2.24 bits per heavy atom. The summed E-state index contributed by atoms with van der Waals surface area (Å²) in [5.74, 6) is 1.36. The van der Waals surface area contributed by atoms with E-state index in [1.54, 1.807) is 19.5 Å². The first-order valence-corrected chi connectivity index (χ1v) is 8.75. The average Bonchev–Trinajstić information content (AvgIpc) is 3.35. The zero-order valence-electron chi connectivity index (χ0n) is 14.4. The minimum atomic E-state index is -0.292. The van der Waals surface area contributed by atoms with E-state index in [4.69, 9.17) is 4.74 Å². The number of pyridine rings is 1. The summed E-state index contributed by atoms with van der Waals surface area (Å²) in [4.78, 5) is 19.2. The van der Waals surface area contributed by atoms with E-state index in [9.17, 15) is 4.79 Å². The fourth-order valence-corrected chi connectivity index (χ4v) is 3.33. The van der Waals surface area contributed by atoms with Gasteiger partial charge in [0.25, 0.3) is 0 Å². The number of nitrogens with one attached hydrogen (secondary N) is 1. The summed E-state index contributed by atoms with van der Waals surface area (Å²) in [6, 6.07) is 5.61. The number of amides is 1. The molecule has 2 aromatic heterocycles. The SMILES string of the molecule is COc1ncccc1CN1Cc2ccnn2[C@H](C(=O)NCC2CC2)C1. The van der Waals surface area contributed by atoms with Crippen molar-refractivity contribution < 1.29 is 9.53 Å². The van der Waals surface area contributed by atoms with Gasteiger partial charge >= 0.3 is 0 Å². The van der Waals surface area contributed by atoms with Crippen molar-refractivity contribution in [2.45, 2.75) is 32.0 Å². The highest BCUT2D eigenvalue weighted by Gasteiger charge is 2.32. The number of rotatable bonds is 6. The van der Waals surface area contributed by atoms with Crippen molar-refractivity contribution in [3.05, 3.63) is 41.9 Å². The Hall–Kier alpha value is -2.41. The summed E-state index contributed by atoms with van der Waals surface area (Å²) < 4.78 is 7.21. The Kier molecular flexibility index (Phi) is 4.40. The van der Waals surface area contributed by atoms with Crippen LogP contribution in [0.2, 0.25) is 0 Å². The van der Waals surface area contributed by atoms with Crippen LogP contribution in [0.4, 0.5) is 0 Å². The third kappa shape index (κ3) is 3.51. The molecular weight excluding hydrogens is 318 g/mol. The molecule has 0 aromatic carbocycles. The molecule has 0 bridgehead atoms. The minimum Gasteiger partial charge on any atom is -0.481 e. The first kappa shape index (κ1) is 16.1. The molecule has 4 rings (SSSR count). The van der Waals surface area contributed by atoms with E-state index in [-0.39, 0.29) is 11.9 Å². The molecule has 3 heterocycles. The second-order valence-corrected chi connectivity index (χ2v) is 6.81. The van der Waals surface area contributed by atoms with Crippen LogP contribution >= 0.6 is 0 Å². The Bertz CT molecular complexity index is 755. The number of methoxy groups -OCH3 is 1. The molecule has 1 aliphatic heterocycles. The lowest BCUT2D eigenvalue weighted by molar-refractivity contribution is -0.126. The van der Waals surface area contributed by atoms with Crippen LogP contribution in [0, 0.1) is 5.92 Å². The molecule has 2 aromatic rings. The number of ether oxygens (including phenoxy) is 1. The van der Waals surface area contributed by atoms with Crippen LogP contribution in [0.5, 0.6) is 5.88 Å². The molecule has 1 aliphatic carbocycles. The van der Waals surface area contributed by atoms with E-state index in [2.05, 4.69) is 20.3 Å². The van der Waals surface area contributed by atoms with Crippen molar-refractivity contribution in [3.63, 3.8) is 0 Å². The molecule has 1 N–H and O–H groups in total. The smallest absolute Gasteiger partial charge is 0.246 e. The van der Waals surface area contributed by atoms with Gasteiger partial charge in [-0.3, -0.25) is 14.4 Å². The van der Waals surface area contributed by atoms with Crippen LogP contribution in [0.15, 0.2) is 30.6 Å². The maximum atomic E-state index is 12.7. The van der Waals surface area contributed by atoms with E-state index in [1.165, 1.54) is 12.8 Å². The highest BCUT2D eigenvalue weighted by atomic mass is 16.5. The van der Waals surface area contributed by atoms with Gasteiger partial charge in [0.15, 0.2) is 0 Å². The van der Waals surface area contributed by atoms with Crippen molar-refractivity contribution in [1.29, 1.82) is 0 Å². The van der Waals surface area contributed by atoms with Gasteiger partial charge in [-0.25, -0.2) is 4.98 Å². The summed E-state index contributed by atoms with van der Waals surface area (Å²) in [6.45, 7) is 2.85. The molecule has 1 saturated carbocycles. The van der Waals surface area contributed by atoms with Crippen LogP contribution in [0.25, 0.3) is 0 Å². The highest BCUT2D eigenvalue weighted by Crippen LogP contribution is 2.28. The first-order valence-electron chi connectivity index (χ1n) is 8.75. The zero-order valence-corrected chi connectivity index (χ0v) is 14.4. The topological polar surface area (TPSA) is 72.3 Å². The number of carbonyl (C=O) groups is 1. The van der Waals surface area contributed by atoms with Gasteiger partial charge in [0.05, 0.1) is 12.8 Å². The van der Waals surface area contributed by atoms with Crippen molar-refractivity contribution in [2.24, 2.45) is 5.92 Å². The molecule has 1 fully saturated rings. The molecule has 0 unspecified atom stereocenters. The molecule has 0 saturated heterocycles. The monoisotopic (exact) mass is 341 g/mol. The molecule has 7 heteroatoms. The molecule has 1 amide bonds. The number of aromatic nitrogens is 3. The first-order chi connectivity index (χ1) is 12.2. The molecule has 25 heavy (non-hydrogen) atoms. The van der Waals surface area contributed by atoms with E-state index in [0.29, 0.717) is 24.9 Å². The predicted molar refractivity (Wildman–Crippen MR) is 91.9 cm³/mol. The Morgan fingerprint density at radius 3 is 3.04 bits per heavy atom. The van der Waals surface area contributed by atoms with Gasteiger partial charge in [-0.05, 0) is 30.9 Å². The van der Waals surface area contributed by atoms with Gasteiger partial charge < -0.3 is 10.1 Å². The molecular formula is C18H23N5O2. The van der Waals surface area contributed by atoms with E-state index < -0.39 is 0 Å². The number of fused-ring (bicyclic) bond motifs is 1. The quantitative estimate of drug-likeness (QED) is 0.859. The second kappa shape index (κ2) is 6.84. The zero-order chi connectivity index (χ0) is 17.2. The minimum absolute atomic E-state index is 0.0553. The number of hydrogen-bond acceptors (Lipinski definition) is 5. The Labute approximate surface area is 147 Å². The fourth-order valence-electron chi connectivity index (χ4n) is 3.33. The molecule has 132 valence electrons. The van der Waals surface area contributed by atoms with Crippen molar-refractivity contribution in [1.82, 2.24) is 25.0 Å². The standard InChI is InChI=1S/C18H23N5O2/c1-25-18-14(3-2-7-19-18)10-22-11-15-6-8-21-23(15)16(12-22)17(24)20-9-13-4-5-13/h2-3,6-8,13,16H,4-5,9-12H2,1H3,(H,20,24)/t16-/m0/s1. The van der Waals surface area contributed by atoms with Crippen LogP contribution < -0.4 is 10.1 Å². The van der Waals surface area contributed by atoms with Gasteiger partial charge in [0, 0.05) is 44.1 Å². The average molecular weight is 341 g/mol. The lowest BCUT2D eigenvalue weighted by atomic mass is 10.1. The maximum Gasteiger partial charge on any atom is 0.246 e. The van der Waals surface area contributed by atoms with Gasteiger partial charge in [-0.15, -0.1) is 0 Å². The second-order valence-electron chi connectivity index (χ2n) is 6.81. The molecule has 0 spiro atoms. The van der Waals surface area contributed by atoms with E-state index >= 15 is 0 Å². The van der Waals surface area contributed by atoms with Gasteiger partial charge in [0.1, 0.15) is 6.04 Å². The third-order valence-electron chi connectivity index (χ3n) is 4.87. The molecule has 7 nitrogen and oxygen atoms in total. The summed E-state index contributed by atoms with van der Waals surface area (Å²) in [6.07, 6.45) is 5.95. The largest absolute Gasteiger partial charge is 0.481 e. The Morgan fingerprint density at radius 1 is 1.36 bits per heavy atom. The normalized spacial score (nSPS) is 20.1. The number of nitrogens with zero attached hydrogens (tertiary/aromatic N) is 4. The van der Waals surface area contributed by atoms with E-state index in [1.807, 2.05) is 22.9 Å². The van der Waals surface area contributed by atoms with E-state index in [0.717, 1.165) is 24.3 Å². The maximum absolute atomic E-state index is 12.7. The van der Waals surface area contributed by atoms with Crippen LogP contribution in [-0.2, 0) is 17.9 Å². The molecule has 1 atom stereocenters. The van der Waals surface area contributed by atoms with Crippen LogP contribution in [0.3, 0.4) is 0 Å². The lowest BCUT2D eigenvalue weighted by Crippen LogP contribution is -2.45. The highest BCUT2D eigenvalue weighted by molar-refractivity contribution is 5.80. The molecule has 0 radical (unpaired) electrons.